The van der Waals surface area contributed by atoms with E-state index in [4.69, 9.17) is 0 Å². The van der Waals surface area contributed by atoms with Crippen molar-refractivity contribution in [3.63, 3.8) is 0 Å². The average molecular weight is 336 g/mol. The molecule has 7 heteroatoms. The van der Waals surface area contributed by atoms with Gasteiger partial charge in [0.2, 0.25) is 11.8 Å². The highest BCUT2D eigenvalue weighted by Gasteiger charge is 2.29. The Morgan fingerprint density at radius 3 is 1.83 bits per heavy atom. The predicted octanol–water partition coefficient (Wildman–Crippen LogP) is 3.85. The molecule has 0 bridgehead atoms. The van der Waals surface area contributed by atoms with Gasteiger partial charge in [-0.2, -0.15) is 13.2 Å². The lowest BCUT2D eigenvalue weighted by Crippen LogP contribution is -2.14. The second-order valence-electron chi connectivity index (χ2n) is 5.18. The van der Waals surface area contributed by atoms with Crippen LogP contribution in [0.3, 0.4) is 0 Å². The number of benzene rings is 2. The first-order chi connectivity index (χ1) is 11.2. The Morgan fingerprint density at radius 1 is 0.875 bits per heavy atom. The van der Waals surface area contributed by atoms with Crippen molar-refractivity contribution in [3.8, 4) is 0 Å². The lowest BCUT2D eigenvalue weighted by Gasteiger charge is -2.09. The summed E-state index contributed by atoms with van der Waals surface area (Å²) in [4.78, 5) is 22.8. The van der Waals surface area contributed by atoms with Crippen LogP contribution in [0.5, 0.6) is 0 Å². The van der Waals surface area contributed by atoms with E-state index < -0.39 is 11.7 Å². The van der Waals surface area contributed by atoms with Gasteiger partial charge in [-0.3, -0.25) is 9.59 Å². The first-order valence-corrected chi connectivity index (χ1v) is 7.08. The van der Waals surface area contributed by atoms with Gasteiger partial charge in [0.1, 0.15) is 0 Å². The highest BCUT2D eigenvalue weighted by molar-refractivity contribution is 5.93. The van der Waals surface area contributed by atoms with Crippen molar-refractivity contribution in [2.45, 2.75) is 19.5 Å². The van der Waals surface area contributed by atoms with Crippen molar-refractivity contribution < 1.29 is 22.8 Å². The fraction of sp³-hybridized carbons (Fsp3) is 0.176. The third kappa shape index (κ3) is 5.12. The van der Waals surface area contributed by atoms with Crippen molar-refractivity contribution in [1.82, 2.24) is 0 Å². The summed E-state index contributed by atoms with van der Waals surface area (Å²) >= 11 is 0. The zero-order chi connectivity index (χ0) is 17.7. The monoisotopic (exact) mass is 336 g/mol. The molecule has 0 aliphatic heterocycles. The SMILES string of the molecule is CC(=O)Nc1ccc(NC(=O)Cc2ccc(C(F)(F)F)cc2)cc1. The van der Waals surface area contributed by atoms with E-state index in [0.717, 1.165) is 12.1 Å². The molecule has 0 radical (unpaired) electrons. The number of halogens is 3. The first-order valence-electron chi connectivity index (χ1n) is 7.08. The topological polar surface area (TPSA) is 58.2 Å². The van der Waals surface area contributed by atoms with Gasteiger partial charge in [-0.15, -0.1) is 0 Å². The average Bonchev–Trinajstić information content (AvgIpc) is 2.48. The second kappa shape index (κ2) is 7.16. The molecule has 0 heterocycles. The minimum Gasteiger partial charge on any atom is -0.326 e. The van der Waals surface area contributed by atoms with Crippen LogP contribution < -0.4 is 10.6 Å². The van der Waals surface area contributed by atoms with Crippen molar-refractivity contribution in [3.05, 3.63) is 59.7 Å². The number of nitrogens with one attached hydrogen (secondary N) is 2. The number of carbonyl (C=O) groups is 2. The number of hydrogen-bond donors (Lipinski definition) is 2. The zero-order valence-electron chi connectivity index (χ0n) is 12.8. The summed E-state index contributed by atoms with van der Waals surface area (Å²) in [6.07, 6.45) is -4.43. The second-order valence-corrected chi connectivity index (χ2v) is 5.18. The number of rotatable bonds is 4. The number of anilines is 2. The lowest BCUT2D eigenvalue weighted by atomic mass is 10.1. The number of alkyl halides is 3. The molecular weight excluding hydrogens is 321 g/mol. The van der Waals surface area contributed by atoms with Crippen LogP contribution in [0.4, 0.5) is 24.5 Å². The fourth-order valence-electron chi connectivity index (χ4n) is 2.04. The fourth-order valence-corrected chi connectivity index (χ4v) is 2.04. The molecule has 0 saturated carbocycles. The van der Waals surface area contributed by atoms with E-state index in [2.05, 4.69) is 10.6 Å². The van der Waals surface area contributed by atoms with Gasteiger partial charge in [0, 0.05) is 18.3 Å². The summed E-state index contributed by atoms with van der Waals surface area (Å²) < 4.78 is 37.4. The van der Waals surface area contributed by atoms with E-state index in [9.17, 15) is 22.8 Å². The van der Waals surface area contributed by atoms with Crippen LogP contribution in [0, 0.1) is 0 Å². The molecule has 0 aromatic heterocycles. The van der Waals surface area contributed by atoms with Crippen LogP contribution >= 0.6 is 0 Å². The minimum atomic E-state index is -4.39. The molecule has 0 spiro atoms. The molecule has 0 saturated heterocycles. The Hall–Kier alpha value is -2.83. The molecule has 126 valence electrons. The third-order valence-corrected chi connectivity index (χ3v) is 3.13. The smallest absolute Gasteiger partial charge is 0.326 e. The highest BCUT2D eigenvalue weighted by Crippen LogP contribution is 2.29. The van der Waals surface area contributed by atoms with Crippen molar-refractivity contribution >= 4 is 23.2 Å². The number of amides is 2. The zero-order valence-corrected chi connectivity index (χ0v) is 12.8. The van der Waals surface area contributed by atoms with Gasteiger partial charge in [0.05, 0.1) is 12.0 Å². The predicted molar refractivity (Wildman–Crippen MR) is 84.5 cm³/mol. The molecule has 2 aromatic carbocycles. The van der Waals surface area contributed by atoms with Crippen LogP contribution in [0.15, 0.2) is 48.5 Å². The van der Waals surface area contributed by atoms with Crippen molar-refractivity contribution in [2.24, 2.45) is 0 Å². The van der Waals surface area contributed by atoms with E-state index in [0.29, 0.717) is 16.9 Å². The standard InChI is InChI=1S/C17H15F3N2O2/c1-11(23)21-14-6-8-15(9-7-14)22-16(24)10-12-2-4-13(5-3-12)17(18,19)20/h2-9H,10H2,1H3,(H,21,23)(H,22,24). The van der Waals surface area contributed by atoms with Gasteiger partial charge in [0.15, 0.2) is 0 Å². The molecule has 0 atom stereocenters. The Balaban J connectivity index is 1.94. The molecule has 24 heavy (non-hydrogen) atoms. The van der Waals surface area contributed by atoms with Gasteiger partial charge < -0.3 is 10.6 Å². The Kier molecular flexibility index (Phi) is 5.23. The van der Waals surface area contributed by atoms with Gasteiger partial charge in [0.25, 0.3) is 0 Å². The van der Waals surface area contributed by atoms with E-state index in [1.807, 2.05) is 0 Å². The van der Waals surface area contributed by atoms with E-state index >= 15 is 0 Å². The normalized spacial score (nSPS) is 11.0. The van der Waals surface area contributed by atoms with Crippen LogP contribution in [0.2, 0.25) is 0 Å². The number of hydrogen-bond acceptors (Lipinski definition) is 2. The third-order valence-electron chi connectivity index (χ3n) is 3.13. The summed E-state index contributed by atoms with van der Waals surface area (Å²) in [5.74, 6) is -0.545. The summed E-state index contributed by atoms with van der Waals surface area (Å²) in [5, 5.41) is 5.24. The van der Waals surface area contributed by atoms with Gasteiger partial charge in [-0.05, 0) is 42.0 Å². The van der Waals surface area contributed by atoms with Crippen LogP contribution in [-0.2, 0) is 22.2 Å². The molecule has 0 unspecified atom stereocenters. The molecule has 2 aromatic rings. The highest BCUT2D eigenvalue weighted by atomic mass is 19.4. The lowest BCUT2D eigenvalue weighted by molar-refractivity contribution is -0.137. The van der Waals surface area contributed by atoms with Crippen molar-refractivity contribution in [2.75, 3.05) is 10.6 Å². The van der Waals surface area contributed by atoms with Gasteiger partial charge in [-0.25, -0.2) is 0 Å². The van der Waals surface area contributed by atoms with Crippen molar-refractivity contribution in [1.29, 1.82) is 0 Å². The van der Waals surface area contributed by atoms with Gasteiger partial charge >= 0.3 is 6.18 Å². The summed E-state index contributed by atoms with van der Waals surface area (Å²) in [7, 11) is 0. The molecule has 0 fully saturated rings. The summed E-state index contributed by atoms with van der Waals surface area (Å²) in [6.45, 7) is 1.39. The van der Waals surface area contributed by atoms with Crippen LogP contribution in [0.1, 0.15) is 18.1 Å². The minimum absolute atomic E-state index is 0.0361. The van der Waals surface area contributed by atoms with Gasteiger partial charge in [-0.1, -0.05) is 12.1 Å². The molecule has 4 nitrogen and oxygen atoms in total. The maximum absolute atomic E-state index is 12.5. The maximum atomic E-state index is 12.5. The Bertz CT molecular complexity index is 723. The number of carbonyl (C=O) groups excluding carboxylic acids is 2. The van der Waals surface area contributed by atoms with Crippen LogP contribution in [-0.4, -0.2) is 11.8 Å². The Labute approximate surface area is 136 Å². The first kappa shape index (κ1) is 17.5. The molecule has 0 aliphatic carbocycles. The van der Waals surface area contributed by atoms with E-state index in [1.54, 1.807) is 24.3 Å². The Morgan fingerprint density at radius 2 is 1.38 bits per heavy atom. The molecule has 2 amide bonds. The van der Waals surface area contributed by atoms with E-state index in [-0.39, 0.29) is 18.2 Å². The summed E-state index contributed by atoms with van der Waals surface area (Å²) in [6, 6.07) is 11.0. The van der Waals surface area contributed by atoms with Crippen LogP contribution in [0.25, 0.3) is 0 Å². The molecule has 2 rings (SSSR count). The largest absolute Gasteiger partial charge is 0.416 e. The summed E-state index contributed by atoms with van der Waals surface area (Å²) in [5.41, 5.74) is 0.861. The molecule has 2 N–H and O–H groups in total. The molecule has 0 aliphatic rings. The quantitative estimate of drug-likeness (QED) is 0.891. The van der Waals surface area contributed by atoms with E-state index in [1.165, 1.54) is 19.1 Å². The maximum Gasteiger partial charge on any atom is 0.416 e. The molecular formula is C17H15F3N2O2.